The molecule has 0 fully saturated rings. The first kappa shape index (κ1) is 22.7. The Morgan fingerprint density at radius 3 is 2.00 bits per heavy atom. The van der Waals surface area contributed by atoms with Crippen LogP contribution in [0.2, 0.25) is 0 Å². The molecule has 0 atom stereocenters. The van der Waals surface area contributed by atoms with Gasteiger partial charge < -0.3 is 14.2 Å². The number of Topliss-reactive ketones (excluding diaryl/α,β-unsaturated/α-hetero) is 1. The summed E-state index contributed by atoms with van der Waals surface area (Å²) in [5.74, 6) is -6.39. The van der Waals surface area contributed by atoms with Crippen LogP contribution in [0.15, 0.2) is 12.1 Å². The zero-order valence-electron chi connectivity index (χ0n) is 16.1. The van der Waals surface area contributed by atoms with Gasteiger partial charge in [0, 0.05) is 11.6 Å². The van der Waals surface area contributed by atoms with Crippen molar-refractivity contribution in [2.24, 2.45) is 11.8 Å². The van der Waals surface area contributed by atoms with Crippen LogP contribution in [0.4, 0.5) is 5.69 Å². The van der Waals surface area contributed by atoms with Crippen molar-refractivity contribution < 1.29 is 38.3 Å². The third-order valence-electron chi connectivity index (χ3n) is 3.31. The minimum absolute atomic E-state index is 0.0774. The zero-order valence-corrected chi connectivity index (χ0v) is 16.1. The number of nitrogens with zero attached hydrogens (tertiary/aromatic N) is 1. The summed E-state index contributed by atoms with van der Waals surface area (Å²) in [6.07, 6.45) is 0. The fourth-order valence-corrected chi connectivity index (χ4v) is 1.79. The topological polar surface area (TPSA) is 139 Å². The van der Waals surface area contributed by atoms with E-state index in [1.807, 2.05) is 0 Å². The van der Waals surface area contributed by atoms with E-state index in [1.54, 1.807) is 0 Å². The Hall–Kier alpha value is -3.30. The lowest BCUT2D eigenvalue weighted by Crippen LogP contribution is -2.21. The molecule has 0 heterocycles. The molecule has 10 heteroatoms. The molecule has 1 rings (SSSR count). The maximum Gasteiger partial charge on any atom is 0.379 e. The second-order valence-corrected chi connectivity index (χ2v) is 6.28. The first-order valence-corrected chi connectivity index (χ1v) is 8.46. The van der Waals surface area contributed by atoms with Gasteiger partial charge in [-0.25, -0.2) is 4.79 Å². The normalized spacial score (nSPS) is 10.5. The SMILES string of the molecule is CCOC(=O)C(=O)c1cc(OC(=O)C(C)C)c(OC(=O)C(C)C)c([N+](=O)[O-])c1. The molecule has 0 unspecified atom stereocenters. The van der Waals surface area contributed by atoms with Gasteiger partial charge in [0.2, 0.25) is 0 Å². The largest absolute Gasteiger partial charge is 0.460 e. The molecule has 0 radical (unpaired) electrons. The Morgan fingerprint density at radius 2 is 1.54 bits per heavy atom. The van der Waals surface area contributed by atoms with Crippen molar-refractivity contribution in [1.29, 1.82) is 0 Å². The predicted molar refractivity (Wildman–Crippen MR) is 95.0 cm³/mol. The van der Waals surface area contributed by atoms with Crippen LogP contribution < -0.4 is 9.47 Å². The second-order valence-electron chi connectivity index (χ2n) is 6.28. The van der Waals surface area contributed by atoms with Crippen molar-refractivity contribution in [3.63, 3.8) is 0 Å². The van der Waals surface area contributed by atoms with Gasteiger partial charge in [0.25, 0.3) is 11.5 Å². The number of benzene rings is 1. The van der Waals surface area contributed by atoms with E-state index in [2.05, 4.69) is 4.74 Å². The third-order valence-corrected chi connectivity index (χ3v) is 3.31. The van der Waals surface area contributed by atoms with E-state index >= 15 is 0 Å². The number of carbonyl (C=O) groups excluding carboxylic acids is 4. The van der Waals surface area contributed by atoms with Crippen LogP contribution in [0.5, 0.6) is 11.5 Å². The van der Waals surface area contributed by atoms with Crippen LogP contribution in [0, 0.1) is 22.0 Å². The molecular formula is C18H21NO9. The quantitative estimate of drug-likeness (QED) is 0.162. The van der Waals surface area contributed by atoms with Crippen LogP contribution in [0.25, 0.3) is 0 Å². The van der Waals surface area contributed by atoms with E-state index in [0.717, 1.165) is 12.1 Å². The highest BCUT2D eigenvalue weighted by Gasteiger charge is 2.31. The average molecular weight is 395 g/mol. The lowest BCUT2D eigenvalue weighted by Gasteiger charge is -2.14. The Bertz CT molecular complexity index is 812. The van der Waals surface area contributed by atoms with Gasteiger partial charge in [0.15, 0.2) is 5.75 Å². The van der Waals surface area contributed by atoms with Gasteiger partial charge in [-0.1, -0.05) is 27.7 Å². The molecule has 0 amide bonds. The summed E-state index contributed by atoms with van der Waals surface area (Å²) in [6, 6.07) is 1.68. The molecule has 0 bridgehead atoms. The van der Waals surface area contributed by atoms with Gasteiger partial charge in [0.1, 0.15) is 0 Å². The molecule has 0 aliphatic heterocycles. The Morgan fingerprint density at radius 1 is 1.00 bits per heavy atom. The van der Waals surface area contributed by atoms with E-state index in [1.165, 1.54) is 34.6 Å². The molecule has 0 N–H and O–H groups in total. The lowest BCUT2D eigenvalue weighted by molar-refractivity contribution is -0.385. The van der Waals surface area contributed by atoms with Gasteiger partial charge >= 0.3 is 23.6 Å². The molecule has 1 aromatic carbocycles. The summed E-state index contributed by atoms with van der Waals surface area (Å²) < 4.78 is 14.7. The van der Waals surface area contributed by atoms with Gasteiger partial charge in [-0.05, 0) is 13.0 Å². The highest BCUT2D eigenvalue weighted by Crippen LogP contribution is 2.39. The first-order chi connectivity index (χ1) is 13.0. The van der Waals surface area contributed by atoms with Crippen molar-refractivity contribution in [2.75, 3.05) is 6.61 Å². The Kier molecular flexibility index (Phi) is 7.78. The van der Waals surface area contributed by atoms with Crippen LogP contribution in [-0.4, -0.2) is 35.2 Å². The summed E-state index contributed by atoms with van der Waals surface area (Å²) in [5.41, 5.74) is -1.25. The van der Waals surface area contributed by atoms with Crippen molar-refractivity contribution in [3.05, 3.63) is 27.8 Å². The number of hydrogen-bond acceptors (Lipinski definition) is 9. The van der Waals surface area contributed by atoms with Crippen molar-refractivity contribution in [1.82, 2.24) is 0 Å². The molecule has 0 spiro atoms. The zero-order chi connectivity index (χ0) is 21.6. The molecule has 10 nitrogen and oxygen atoms in total. The number of esters is 3. The minimum atomic E-state index is -1.23. The summed E-state index contributed by atoms with van der Waals surface area (Å²) >= 11 is 0. The standard InChI is InChI=1S/C18H21NO9/c1-6-26-18(23)14(20)11-7-12(19(24)25)15(28-17(22)10(4)5)13(8-11)27-16(21)9(2)3/h7-10H,6H2,1-5H3. The van der Waals surface area contributed by atoms with Crippen LogP contribution in [0.3, 0.4) is 0 Å². The fraction of sp³-hybridized carbons (Fsp3) is 0.444. The molecule has 0 saturated carbocycles. The lowest BCUT2D eigenvalue weighted by atomic mass is 10.1. The number of ketones is 1. The van der Waals surface area contributed by atoms with E-state index in [0.29, 0.717) is 0 Å². The molecule has 0 aromatic heterocycles. The monoisotopic (exact) mass is 395 g/mol. The van der Waals surface area contributed by atoms with E-state index < -0.39 is 63.2 Å². The van der Waals surface area contributed by atoms with Crippen LogP contribution >= 0.6 is 0 Å². The molecule has 0 saturated heterocycles. The van der Waals surface area contributed by atoms with Crippen LogP contribution in [0.1, 0.15) is 45.0 Å². The van der Waals surface area contributed by atoms with E-state index in [9.17, 15) is 29.3 Å². The first-order valence-electron chi connectivity index (χ1n) is 8.46. The number of rotatable bonds is 8. The van der Waals surface area contributed by atoms with Crippen LogP contribution in [-0.2, 0) is 19.1 Å². The van der Waals surface area contributed by atoms with Crippen molar-refractivity contribution in [2.45, 2.75) is 34.6 Å². The van der Waals surface area contributed by atoms with E-state index in [-0.39, 0.29) is 6.61 Å². The number of nitro groups is 1. The van der Waals surface area contributed by atoms with Gasteiger partial charge in [-0.3, -0.25) is 24.5 Å². The molecular weight excluding hydrogens is 374 g/mol. The van der Waals surface area contributed by atoms with Gasteiger partial charge in [-0.15, -0.1) is 0 Å². The van der Waals surface area contributed by atoms with Crippen molar-refractivity contribution in [3.8, 4) is 11.5 Å². The Labute approximate surface area is 160 Å². The second kappa shape index (κ2) is 9.58. The van der Waals surface area contributed by atoms with Crippen molar-refractivity contribution >= 4 is 29.4 Å². The van der Waals surface area contributed by atoms with Gasteiger partial charge in [-0.2, -0.15) is 0 Å². The number of nitro benzene ring substituents is 1. The summed E-state index contributed by atoms with van der Waals surface area (Å²) in [7, 11) is 0. The fourth-order valence-electron chi connectivity index (χ4n) is 1.79. The predicted octanol–water partition coefficient (Wildman–Crippen LogP) is 2.46. The maximum absolute atomic E-state index is 12.2. The molecule has 0 aliphatic rings. The number of carbonyl (C=O) groups is 4. The van der Waals surface area contributed by atoms with E-state index in [4.69, 9.17) is 9.47 Å². The minimum Gasteiger partial charge on any atom is -0.460 e. The highest BCUT2D eigenvalue weighted by atomic mass is 16.6. The highest BCUT2D eigenvalue weighted by molar-refractivity contribution is 6.40. The number of hydrogen-bond donors (Lipinski definition) is 0. The summed E-state index contributed by atoms with van der Waals surface area (Å²) in [5, 5.41) is 11.5. The molecule has 152 valence electrons. The molecule has 1 aromatic rings. The van der Waals surface area contributed by atoms with Gasteiger partial charge in [0.05, 0.1) is 23.4 Å². The maximum atomic E-state index is 12.2. The Balaban J connectivity index is 3.60. The number of ether oxygens (including phenoxy) is 3. The summed E-state index contributed by atoms with van der Waals surface area (Å²) in [4.78, 5) is 58.3. The summed E-state index contributed by atoms with van der Waals surface area (Å²) in [6.45, 7) is 7.46. The molecule has 28 heavy (non-hydrogen) atoms. The smallest absolute Gasteiger partial charge is 0.379 e. The third kappa shape index (κ3) is 5.60. The molecule has 0 aliphatic carbocycles. The average Bonchev–Trinajstić information content (AvgIpc) is 2.61.